The molecule has 0 saturated heterocycles. The Morgan fingerprint density at radius 1 is 1.26 bits per heavy atom. The minimum absolute atomic E-state index is 0.160. The summed E-state index contributed by atoms with van der Waals surface area (Å²) in [5, 5.41) is 4.19. The summed E-state index contributed by atoms with van der Waals surface area (Å²) in [5.41, 5.74) is 1.03. The molecule has 0 bridgehead atoms. The van der Waals surface area contributed by atoms with Gasteiger partial charge in [-0.3, -0.25) is 0 Å². The smallest absolute Gasteiger partial charge is 0.0990 e. The maximum absolute atomic E-state index is 6.12. The van der Waals surface area contributed by atoms with Crippen molar-refractivity contribution < 1.29 is 9.47 Å². The third kappa shape index (κ3) is 3.69. The van der Waals surface area contributed by atoms with Crippen molar-refractivity contribution in [3.05, 3.63) is 34.9 Å². The van der Waals surface area contributed by atoms with Gasteiger partial charge in [0, 0.05) is 17.7 Å². The standard InChI is InChI=1S/C15H22ClNO2/c1-3-17-13-9-14(15(13)18-4-2)19-10-11-7-5-6-8-12(11)16/h5-8,13-15,17H,3-4,9-10H2,1-2H3. The Labute approximate surface area is 120 Å². The zero-order chi connectivity index (χ0) is 13.7. The second-order valence-corrected chi connectivity index (χ2v) is 5.17. The van der Waals surface area contributed by atoms with Crippen molar-refractivity contribution in [3.8, 4) is 0 Å². The topological polar surface area (TPSA) is 30.5 Å². The zero-order valence-corrected chi connectivity index (χ0v) is 12.3. The van der Waals surface area contributed by atoms with E-state index in [4.69, 9.17) is 21.1 Å². The van der Waals surface area contributed by atoms with Gasteiger partial charge in [0.25, 0.3) is 0 Å². The van der Waals surface area contributed by atoms with Crippen LogP contribution in [0.3, 0.4) is 0 Å². The maximum Gasteiger partial charge on any atom is 0.0990 e. The predicted molar refractivity (Wildman–Crippen MR) is 77.5 cm³/mol. The molecule has 3 unspecified atom stereocenters. The Morgan fingerprint density at radius 2 is 2.05 bits per heavy atom. The summed E-state index contributed by atoms with van der Waals surface area (Å²) in [7, 11) is 0. The molecule has 1 saturated carbocycles. The van der Waals surface area contributed by atoms with Crippen molar-refractivity contribution in [3.63, 3.8) is 0 Å². The summed E-state index contributed by atoms with van der Waals surface area (Å²) in [4.78, 5) is 0. The summed E-state index contributed by atoms with van der Waals surface area (Å²) in [6.45, 7) is 6.37. The Hall–Kier alpha value is -0.610. The van der Waals surface area contributed by atoms with Crippen LogP contribution in [-0.2, 0) is 16.1 Å². The largest absolute Gasteiger partial charge is 0.374 e. The molecular weight excluding hydrogens is 262 g/mol. The minimum Gasteiger partial charge on any atom is -0.374 e. The molecule has 4 heteroatoms. The van der Waals surface area contributed by atoms with E-state index < -0.39 is 0 Å². The first-order valence-corrected chi connectivity index (χ1v) is 7.34. The Balaban J connectivity index is 1.84. The highest BCUT2D eigenvalue weighted by Gasteiger charge is 2.42. The molecule has 0 aromatic heterocycles. The summed E-state index contributed by atoms with van der Waals surface area (Å²) in [6.07, 6.45) is 1.33. The Bertz CT molecular complexity index is 399. The Kier molecular flexibility index (Phi) is 5.64. The lowest BCUT2D eigenvalue weighted by atomic mass is 9.85. The first-order valence-electron chi connectivity index (χ1n) is 6.96. The van der Waals surface area contributed by atoms with Crippen molar-refractivity contribution in [2.45, 2.75) is 45.1 Å². The van der Waals surface area contributed by atoms with Crippen LogP contribution in [0.2, 0.25) is 5.02 Å². The van der Waals surface area contributed by atoms with E-state index in [2.05, 4.69) is 12.2 Å². The van der Waals surface area contributed by atoms with Crippen LogP contribution in [-0.4, -0.2) is 31.4 Å². The van der Waals surface area contributed by atoms with Crippen LogP contribution in [0.5, 0.6) is 0 Å². The van der Waals surface area contributed by atoms with E-state index >= 15 is 0 Å². The molecular formula is C15H22ClNO2. The van der Waals surface area contributed by atoms with Gasteiger partial charge < -0.3 is 14.8 Å². The number of benzene rings is 1. The van der Waals surface area contributed by atoms with Crippen LogP contribution in [0, 0.1) is 0 Å². The van der Waals surface area contributed by atoms with Gasteiger partial charge in [-0.05, 0) is 31.5 Å². The van der Waals surface area contributed by atoms with Gasteiger partial charge in [0.15, 0.2) is 0 Å². The van der Waals surface area contributed by atoms with Gasteiger partial charge in [0.05, 0.1) is 18.8 Å². The van der Waals surface area contributed by atoms with E-state index in [0.717, 1.165) is 30.2 Å². The number of rotatable bonds is 7. The molecule has 3 atom stereocenters. The van der Waals surface area contributed by atoms with Crippen LogP contribution in [0.1, 0.15) is 25.8 Å². The maximum atomic E-state index is 6.12. The van der Waals surface area contributed by atoms with Gasteiger partial charge in [-0.15, -0.1) is 0 Å². The fourth-order valence-electron chi connectivity index (χ4n) is 2.43. The van der Waals surface area contributed by atoms with Crippen molar-refractivity contribution in [1.82, 2.24) is 5.32 Å². The molecule has 3 nitrogen and oxygen atoms in total. The molecule has 1 aromatic carbocycles. The molecule has 106 valence electrons. The van der Waals surface area contributed by atoms with E-state index in [9.17, 15) is 0 Å². The van der Waals surface area contributed by atoms with Crippen LogP contribution in [0.15, 0.2) is 24.3 Å². The van der Waals surface area contributed by atoms with E-state index in [1.54, 1.807) is 0 Å². The van der Waals surface area contributed by atoms with Gasteiger partial charge in [0.1, 0.15) is 0 Å². The lowest BCUT2D eigenvalue weighted by Gasteiger charge is -2.44. The summed E-state index contributed by atoms with van der Waals surface area (Å²) < 4.78 is 11.7. The fraction of sp³-hybridized carbons (Fsp3) is 0.600. The molecule has 0 heterocycles. The average molecular weight is 284 g/mol. The third-order valence-corrected chi connectivity index (χ3v) is 3.85. The van der Waals surface area contributed by atoms with E-state index in [1.807, 2.05) is 31.2 Å². The second kappa shape index (κ2) is 7.25. The number of nitrogens with one attached hydrogen (secondary N) is 1. The van der Waals surface area contributed by atoms with Crippen LogP contribution < -0.4 is 5.32 Å². The average Bonchev–Trinajstić information content (AvgIpc) is 2.41. The van der Waals surface area contributed by atoms with Crippen LogP contribution in [0.4, 0.5) is 0 Å². The number of halogens is 1. The van der Waals surface area contributed by atoms with Crippen molar-refractivity contribution in [2.24, 2.45) is 0 Å². The highest BCUT2D eigenvalue weighted by atomic mass is 35.5. The summed E-state index contributed by atoms with van der Waals surface area (Å²) in [5.74, 6) is 0. The van der Waals surface area contributed by atoms with E-state index in [0.29, 0.717) is 12.6 Å². The molecule has 1 aliphatic carbocycles. The van der Waals surface area contributed by atoms with Crippen molar-refractivity contribution in [2.75, 3.05) is 13.2 Å². The van der Waals surface area contributed by atoms with Gasteiger partial charge >= 0.3 is 0 Å². The molecule has 1 aliphatic rings. The molecule has 0 aliphatic heterocycles. The highest BCUT2D eigenvalue weighted by molar-refractivity contribution is 6.31. The SMILES string of the molecule is CCNC1CC(OCc2ccccc2Cl)C1OCC. The monoisotopic (exact) mass is 283 g/mol. The summed E-state index contributed by atoms with van der Waals surface area (Å²) >= 11 is 6.12. The quantitative estimate of drug-likeness (QED) is 0.834. The molecule has 0 spiro atoms. The molecule has 2 rings (SSSR count). The third-order valence-electron chi connectivity index (χ3n) is 3.49. The van der Waals surface area contributed by atoms with Crippen LogP contribution in [0.25, 0.3) is 0 Å². The predicted octanol–water partition coefficient (Wildman–Crippen LogP) is 3.01. The first kappa shape index (κ1) is 14.8. The first-order chi connectivity index (χ1) is 9.26. The number of ether oxygens (including phenoxy) is 2. The lowest BCUT2D eigenvalue weighted by molar-refractivity contribution is -0.149. The minimum atomic E-state index is 0.160. The molecule has 1 N–H and O–H groups in total. The Morgan fingerprint density at radius 3 is 2.74 bits per heavy atom. The fourth-order valence-corrected chi connectivity index (χ4v) is 2.62. The van der Waals surface area contributed by atoms with Crippen LogP contribution >= 0.6 is 11.6 Å². The number of hydrogen-bond acceptors (Lipinski definition) is 3. The number of likely N-dealkylation sites (N-methyl/N-ethyl adjacent to an activating group) is 1. The van der Waals surface area contributed by atoms with Crippen molar-refractivity contribution in [1.29, 1.82) is 0 Å². The van der Waals surface area contributed by atoms with E-state index in [1.165, 1.54) is 0 Å². The lowest BCUT2D eigenvalue weighted by Crippen LogP contribution is -2.60. The van der Waals surface area contributed by atoms with Gasteiger partial charge in [-0.2, -0.15) is 0 Å². The van der Waals surface area contributed by atoms with E-state index in [-0.39, 0.29) is 12.2 Å². The van der Waals surface area contributed by atoms with Gasteiger partial charge in [-0.25, -0.2) is 0 Å². The van der Waals surface area contributed by atoms with Gasteiger partial charge in [0.2, 0.25) is 0 Å². The highest BCUT2D eigenvalue weighted by Crippen LogP contribution is 2.29. The number of hydrogen-bond donors (Lipinski definition) is 1. The molecule has 19 heavy (non-hydrogen) atoms. The zero-order valence-electron chi connectivity index (χ0n) is 11.6. The molecule has 1 aromatic rings. The molecule has 0 radical (unpaired) electrons. The van der Waals surface area contributed by atoms with Crippen molar-refractivity contribution >= 4 is 11.6 Å². The van der Waals surface area contributed by atoms with Gasteiger partial charge in [-0.1, -0.05) is 36.7 Å². The second-order valence-electron chi connectivity index (χ2n) is 4.76. The summed E-state index contributed by atoms with van der Waals surface area (Å²) in [6, 6.07) is 8.22. The normalized spacial score (nSPS) is 26.2. The molecule has 1 fully saturated rings. The molecule has 0 amide bonds.